The minimum Gasteiger partial charge on any atom is -0.392 e. The van der Waals surface area contributed by atoms with Crippen LogP contribution in [0.2, 0.25) is 0 Å². The molecule has 0 radical (unpaired) electrons. The van der Waals surface area contributed by atoms with Gasteiger partial charge < -0.3 is 20.3 Å². The third kappa shape index (κ3) is 4.27. The van der Waals surface area contributed by atoms with Crippen LogP contribution in [0.5, 0.6) is 0 Å². The molecule has 1 aliphatic carbocycles. The molecule has 0 heterocycles. The minimum atomic E-state index is -0.468. The van der Waals surface area contributed by atoms with Gasteiger partial charge in [0.1, 0.15) is 0 Å². The van der Waals surface area contributed by atoms with Gasteiger partial charge in [-0.15, -0.1) is 0 Å². The molecule has 0 aliphatic heterocycles. The first-order chi connectivity index (χ1) is 10.1. The van der Waals surface area contributed by atoms with Crippen molar-refractivity contribution in [1.29, 1.82) is 0 Å². The summed E-state index contributed by atoms with van der Waals surface area (Å²) in [6, 6.07) is 7.49. The first kappa shape index (κ1) is 15.9. The van der Waals surface area contributed by atoms with Gasteiger partial charge >= 0.3 is 0 Å². The van der Waals surface area contributed by atoms with E-state index in [0.717, 1.165) is 11.1 Å². The molecular weight excluding hydrogens is 270 g/mol. The molecular formula is C16H23NO4. The van der Waals surface area contributed by atoms with Crippen LogP contribution in [-0.2, 0) is 22.7 Å². The standard InChI is InChI=1S/C16H23NO4/c1-21-15-8-13(6-7-14(15)19)16(20)17-9-11-2-4-12(10-18)5-3-11/h2-5,13-15,18-19H,6-10H2,1H3,(H,17,20)/t13-,14+,15-/m1/s1. The highest BCUT2D eigenvalue weighted by molar-refractivity contribution is 5.78. The van der Waals surface area contributed by atoms with Crippen LogP contribution >= 0.6 is 0 Å². The second kappa shape index (κ2) is 7.54. The van der Waals surface area contributed by atoms with E-state index in [-0.39, 0.29) is 24.5 Å². The van der Waals surface area contributed by atoms with Crippen molar-refractivity contribution in [2.45, 2.75) is 44.6 Å². The van der Waals surface area contributed by atoms with Crippen molar-refractivity contribution in [3.63, 3.8) is 0 Å². The summed E-state index contributed by atoms with van der Waals surface area (Å²) in [5, 5.41) is 21.7. The summed E-state index contributed by atoms with van der Waals surface area (Å²) < 4.78 is 5.22. The topological polar surface area (TPSA) is 78.8 Å². The van der Waals surface area contributed by atoms with Gasteiger partial charge in [-0.2, -0.15) is 0 Å². The van der Waals surface area contributed by atoms with E-state index < -0.39 is 6.10 Å². The van der Waals surface area contributed by atoms with Crippen molar-refractivity contribution in [3.8, 4) is 0 Å². The fraction of sp³-hybridized carbons (Fsp3) is 0.562. The maximum absolute atomic E-state index is 12.2. The molecule has 0 spiro atoms. The first-order valence-corrected chi connectivity index (χ1v) is 7.31. The summed E-state index contributed by atoms with van der Waals surface area (Å²) in [7, 11) is 1.57. The Labute approximate surface area is 124 Å². The van der Waals surface area contributed by atoms with E-state index in [1.807, 2.05) is 24.3 Å². The highest BCUT2D eigenvalue weighted by Crippen LogP contribution is 2.26. The average molecular weight is 293 g/mol. The molecule has 5 nitrogen and oxygen atoms in total. The van der Waals surface area contributed by atoms with E-state index in [1.54, 1.807) is 7.11 Å². The molecule has 3 N–H and O–H groups in total. The van der Waals surface area contributed by atoms with Gasteiger partial charge in [-0.3, -0.25) is 4.79 Å². The van der Waals surface area contributed by atoms with E-state index in [2.05, 4.69) is 5.32 Å². The number of aliphatic hydroxyl groups is 2. The lowest BCUT2D eigenvalue weighted by Gasteiger charge is -2.31. The van der Waals surface area contributed by atoms with Crippen molar-refractivity contribution in [1.82, 2.24) is 5.32 Å². The van der Waals surface area contributed by atoms with E-state index in [0.29, 0.717) is 25.8 Å². The first-order valence-electron chi connectivity index (χ1n) is 7.31. The van der Waals surface area contributed by atoms with Crippen LogP contribution in [0.1, 0.15) is 30.4 Å². The van der Waals surface area contributed by atoms with E-state index in [9.17, 15) is 9.90 Å². The number of hydrogen-bond donors (Lipinski definition) is 3. The Balaban J connectivity index is 1.83. The molecule has 21 heavy (non-hydrogen) atoms. The molecule has 1 fully saturated rings. The van der Waals surface area contributed by atoms with Gasteiger partial charge in [0, 0.05) is 19.6 Å². The molecule has 116 valence electrons. The fourth-order valence-corrected chi connectivity index (χ4v) is 2.70. The van der Waals surface area contributed by atoms with Crippen molar-refractivity contribution >= 4 is 5.91 Å². The number of carbonyl (C=O) groups is 1. The lowest BCUT2D eigenvalue weighted by molar-refractivity contribution is -0.130. The zero-order chi connectivity index (χ0) is 15.2. The molecule has 5 heteroatoms. The molecule has 0 unspecified atom stereocenters. The minimum absolute atomic E-state index is 0.00943. The van der Waals surface area contributed by atoms with E-state index >= 15 is 0 Å². The van der Waals surface area contributed by atoms with Crippen LogP contribution in [0, 0.1) is 5.92 Å². The number of benzene rings is 1. The Bertz CT molecular complexity index is 460. The van der Waals surface area contributed by atoms with Gasteiger partial charge in [0.05, 0.1) is 18.8 Å². The van der Waals surface area contributed by atoms with Crippen molar-refractivity contribution < 1.29 is 19.7 Å². The van der Waals surface area contributed by atoms with Crippen LogP contribution in [0.15, 0.2) is 24.3 Å². The lowest BCUT2D eigenvalue weighted by atomic mass is 9.84. The van der Waals surface area contributed by atoms with Crippen LogP contribution in [0.4, 0.5) is 0 Å². The van der Waals surface area contributed by atoms with Gasteiger partial charge in [0.25, 0.3) is 0 Å². The molecule has 1 aromatic carbocycles. The van der Waals surface area contributed by atoms with E-state index in [4.69, 9.17) is 9.84 Å². The second-order valence-corrected chi connectivity index (χ2v) is 5.54. The zero-order valence-electron chi connectivity index (χ0n) is 12.3. The monoisotopic (exact) mass is 293 g/mol. The lowest BCUT2D eigenvalue weighted by Crippen LogP contribution is -2.41. The molecule has 2 rings (SSSR count). The molecule has 1 saturated carbocycles. The number of hydrogen-bond acceptors (Lipinski definition) is 4. The second-order valence-electron chi connectivity index (χ2n) is 5.54. The Morgan fingerprint density at radius 2 is 1.95 bits per heavy atom. The number of methoxy groups -OCH3 is 1. The largest absolute Gasteiger partial charge is 0.392 e. The molecule has 1 amide bonds. The third-order valence-electron chi connectivity index (χ3n) is 4.10. The van der Waals surface area contributed by atoms with Crippen molar-refractivity contribution in [2.75, 3.05) is 7.11 Å². The van der Waals surface area contributed by atoms with Crippen LogP contribution in [-0.4, -0.2) is 35.4 Å². The third-order valence-corrected chi connectivity index (χ3v) is 4.10. The van der Waals surface area contributed by atoms with Gasteiger partial charge in [-0.05, 0) is 30.4 Å². The number of amides is 1. The Morgan fingerprint density at radius 1 is 1.29 bits per heavy atom. The summed E-state index contributed by atoms with van der Waals surface area (Å²) in [5.74, 6) is -0.0924. The summed E-state index contributed by atoms with van der Waals surface area (Å²) in [6.07, 6.45) is 1.13. The Kier molecular flexibility index (Phi) is 5.73. The molecule has 0 saturated heterocycles. The Morgan fingerprint density at radius 3 is 2.57 bits per heavy atom. The quantitative estimate of drug-likeness (QED) is 0.756. The molecule has 3 atom stereocenters. The summed E-state index contributed by atoms with van der Waals surface area (Å²) >= 11 is 0. The molecule has 0 aromatic heterocycles. The molecule has 1 aliphatic rings. The van der Waals surface area contributed by atoms with Crippen molar-refractivity contribution in [2.24, 2.45) is 5.92 Å². The van der Waals surface area contributed by atoms with Crippen molar-refractivity contribution in [3.05, 3.63) is 35.4 Å². The SMILES string of the molecule is CO[C@@H]1C[C@H](C(=O)NCc2ccc(CO)cc2)CC[C@@H]1O. The number of nitrogens with one attached hydrogen (secondary N) is 1. The van der Waals surface area contributed by atoms with Gasteiger partial charge in [0.15, 0.2) is 0 Å². The number of carbonyl (C=O) groups excluding carboxylic acids is 1. The number of ether oxygens (including phenoxy) is 1. The Hall–Kier alpha value is -1.43. The summed E-state index contributed by atoms with van der Waals surface area (Å²) in [4.78, 5) is 12.2. The number of aliphatic hydroxyl groups excluding tert-OH is 2. The van der Waals surface area contributed by atoms with Crippen LogP contribution in [0.25, 0.3) is 0 Å². The summed E-state index contributed by atoms with van der Waals surface area (Å²) in [6.45, 7) is 0.497. The van der Waals surface area contributed by atoms with Crippen LogP contribution in [0.3, 0.4) is 0 Å². The van der Waals surface area contributed by atoms with Gasteiger partial charge in [-0.25, -0.2) is 0 Å². The smallest absolute Gasteiger partial charge is 0.223 e. The fourth-order valence-electron chi connectivity index (χ4n) is 2.70. The molecule has 0 bridgehead atoms. The summed E-state index contributed by atoms with van der Waals surface area (Å²) in [5.41, 5.74) is 1.86. The maximum Gasteiger partial charge on any atom is 0.223 e. The van der Waals surface area contributed by atoms with E-state index in [1.165, 1.54) is 0 Å². The maximum atomic E-state index is 12.2. The zero-order valence-corrected chi connectivity index (χ0v) is 12.3. The van der Waals surface area contributed by atoms with Crippen LogP contribution < -0.4 is 5.32 Å². The molecule has 1 aromatic rings. The van der Waals surface area contributed by atoms with Gasteiger partial charge in [-0.1, -0.05) is 24.3 Å². The predicted octanol–water partition coefficient (Wildman–Crippen LogP) is 0.971. The highest BCUT2D eigenvalue weighted by Gasteiger charge is 2.32. The predicted molar refractivity (Wildman–Crippen MR) is 78.4 cm³/mol. The van der Waals surface area contributed by atoms with Gasteiger partial charge in [0.2, 0.25) is 5.91 Å². The normalized spacial score (nSPS) is 25.6. The number of rotatable bonds is 5. The highest BCUT2D eigenvalue weighted by atomic mass is 16.5. The average Bonchev–Trinajstić information content (AvgIpc) is 2.53.